The number of rotatable bonds is 6. The molecule has 0 unspecified atom stereocenters. The van der Waals surface area contributed by atoms with Gasteiger partial charge in [0, 0.05) is 30.0 Å². The summed E-state index contributed by atoms with van der Waals surface area (Å²) in [7, 11) is 3.49. The van der Waals surface area contributed by atoms with Crippen LogP contribution in [0.2, 0.25) is 0 Å². The minimum absolute atomic E-state index is 0.0862. The first-order valence-electron chi connectivity index (χ1n) is 9.47. The number of ether oxygens (including phenoxy) is 1. The molecule has 2 N–H and O–H groups in total. The van der Waals surface area contributed by atoms with E-state index in [1.807, 2.05) is 56.8 Å². The quantitative estimate of drug-likeness (QED) is 0.673. The number of hydrogen-bond donors (Lipinski definition) is 2. The van der Waals surface area contributed by atoms with Gasteiger partial charge in [0.1, 0.15) is 11.3 Å². The summed E-state index contributed by atoms with van der Waals surface area (Å²) < 4.78 is 7.05. The molecule has 0 bridgehead atoms. The Morgan fingerprint density at radius 1 is 1.28 bits per heavy atom. The summed E-state index contributed by atoms with van der Waals surface area (Å²) in [5, 5.41) is 7.32. The molecule has 1 amide bonds. The maximum Gasteiger partial charge on any atom is 0.261 e. The van der Waals surface area contributed by atoms with Crippen molar-refractivity contribution in [3.8, 4) is 17.0 Å². The summed E-state index contributed by atoms with van der Waals surface area (Å²) in [6.45, 7) is 5.88. The topological polar surface area (TPSA) is 89.0 Å². The lowest BCUT2D eigenvalue weighted by molar-refractivity contribution is 0.0938. The van der Waals surface area contributed by atoms with Gasteiger partial charge in [0.15, 0.2) is 0 Å². The fraction of sp³-hybridized carbons (Fsp3) is 0.318. The zero-order valence-corrected chi connectivity index (χ0v) is 17.4. The van der Waals surface area contributed by atoms with E-state index in [9.17, 15) is 9.59 Å². The second-order valence-electron chi connectivity index (χ2n) is 7.20. The molecule has 7 nitrogen and oxygen atoms in total. The molecular weight excluding hydrogens is 368 g/mol. The van der Waals surface area contributed by atoms with Crippen molar-refractivity contribution in [1.82, 2.24) is 20.1 Å². The maximum absolute atomic E-state index is 12.6. The summed E-state index contributed by atoms with van der Waals surface area (Å²) >= 11 is 0. The van der Waals surface area contributed by atoms with Gasteiger partial charge in [-0.1, -0.05) is 12.1 Å². The van der Waals surface area contributed by atoms with Crippen molar-refractivity contribution in [3.63, 3.8) is 0 Å². The summed E-state index contributed by atoms with van der Waals surface area (Å²) in [5.41, 5.74) is 4.23. The zero-order chi connectivity index (χ0) is 21.1. The molecule has 3 aromatic rings. The predicted molar refractivity (Wildman–Crippen MR) is 112 cm³/mol. The van der Waals surface area contributed by atoms with Crippen LogP contribution in [0.1, 0.15) is 34.2 Å². The Morgan fingerprint density at radius 3 is 2.66 bits per heavy atom. The van der Waals surface area contributed by atoms with E-state index in [0.717, 1.165) is 22.5 Å². The van der Waals surface area contributed by atoms with Crippen LogP contribution in [0, 0.1) is 13.8 Å². The number of hydrogen-bond acceptors (Lipinski definition) is 4. The number of carbonyl (C=O) groups is 1. The lowest BCUT2D eigenvalue weighted by Crippen LogP contribution is -2.37. The Hall–Kier alpha value is -3.35. The van der Waals surface area contributed by atoms with E-state index in [1.165, 1.54) is 0 Å². The number of nitrogens with zero attached hydrogens (tertiary/aromatic N) is 2. The van der Waals surface area contributed by atoms with Crippen molar-refractivity contribution >= 4 is 5.91 Å². The first-order chi connectivity index (χ1) is 13.8. The third kappa shape index (κ3) is 4.39. The third-order valence-corrected chi connectivity index (χ3v) is 5.08. The molecule has 1 aromatic carbocycles. The molecule has 2 heterocycles. The molecule has 2 aromatic heterocycles. The van der Waals surface area contributed by atoms with Gasteiger partial charge in [0.05, 0.1) is 12.8 Å². The molecular formula is C22H26N4O3. The molecule has 3 rings (SSSR count). The summed E-state index contributed by atoms with van der Waals surface area (Å²) in [5.74, 6) is 0.301. The van der Waals surface area contributed by atoms with Crippen LogP contribution in [-0.2, 0) is 13.5 Å². The predicted octanol–water partition coefficient (Wildman–Crippen LogP) is 2.76. The molecule has 0 spiro atoms. The number of pyridine rings is 1. The molecule has 0 aliphatic rings. The molecule has 1 atom stereocenters. The van der Waals surface area contributed by atoms with Crippen molar-refractivity contribution in [2.75, 3.05) is 7.11 Å². The number of carbonyl (C=O) groups excluding carboxylic acids is 1. The Kier molecular flexibility index (Phi) is 5.87. The van der Waals surface area contributed by atoms with E-state index < -0.39 is 11.5 Å². The van der Waals surface area contributed by atoms with Gasteiger partial charge < -0.3 is 15.0 Å². The first-order valence-corrected chi connectivity index (χ1v) is 9.47. The lowest BCUT2D eigenvalue weighted by atomic mass is 10.0. The van der Waals surface area contributed by atoms with Crippen molar-refractivity contribution in [1.29, 1.82) is 0 Å². The number of aromatic amines is 1. The van der Waals surface area contributed by atoms with Crippen LogP contribution in [0.25, 0.3) is 11.3 Å². The molecule has 0 fully saturated rings. The van der Waals surface area contributed by atoms with Gasteiger partial charge in [0.2, 0.25) is 0 Å². The third-order valence-electron chi connectivity index (χ3n) is 5.08. The second kappa shape index (κ2) is 8.34. The van der Waals surface area contributed by atoms with E-state index >= 15 is 0 Å². The fourth-order valence-electron chi connectivity index (χ4n) is 3.38. The van der Waals surface area contributed by atoms with E-state index in [0.29, 0.717) is 17.9 Å². The lowest BCUT2D eigenvalue weighted by Gasteiger charge is -2.14. The van der Waals surface area contributed by atoms with Crippen molar-refractivity contribution < 1.29 is 9.53 Å². The molecule has 0 radical (unpaired) electrons. The number of amides is 1. The van der Waals surface area contributed by atoms with Crippen LogP contribution >= 0.6 is 0 Å². The van der Waals surface area contributed by atoms with Crippen LogP contribution in [0.15, 0.2) is 41.2 Å². The van der Waals surface area contributed by atoms with Gasteiger partial charge in [-0.15, -0.1) is 0 Å². The number of benzene rings is 1. The minimum atomic E-state index is -0.427. The van der Waals surface area contributed by atoms with E-state index in [2.05, 4.69) is 15.4 Å². The molecule has 7 heteroatoms. The Balaban J connectivity index is 1.74. The molecule has 29 heavy (non-hydrogen) atoms. The Morgan fingerprint density at radius 2 is 2.03 bits per heavy atom. The summed E-state index contributed by atoms with van der Waals surface area (Å²) in [6.07, 6.45) is 0.650. The van der Waals surface area contributed by atoms with Gasteiger partial charge in [-0.2, -0.15) is 5.10 Å². The highest BCUT2D eigenvalue weighted by molar-refractivity contribution is 5.94. The van der Waals surface area contributed by atoms with Crippen LogP contribution in [0.5, 0.6) is 5.75 Å². The normalized spacial score (nSPS) is 11.9. The maximum atomic E-state index is 12.6. The SMILES string of the molecule is COc1cccc(-c2ccc(C(=O)N[C@@H](C)Cc3c(C)nn(C)c3C)c(=O)[nH]2)c1. The van der Waals surface area contributed by atoms with Crippen LogP contribution in [-0.4, -0.2) is 33.8 Å². The second-order valence-corrected chi connectivity index (χ2v) is 7.20. The van der Waals surface area contributed by atoms with Crippen molar-refractivity contribution in [2.24, 2.45) is 7.05 Å². The monoisotopic (exact) mass is 394 g/mol. The number of methoxy groups -OCH3 is 1. The molecule has 0 saturated carbocycles. The number of nitrogens with one attached hydrogen (secondary N) is 2. The fourth-order valence-corrected chi connectivity index (χ4v) is 3.38. The standard InChI is InChI=1S/C22H26N4O3/c1-13(11-19-14(2)25-26(4)15(19)3)23-21(27)18-9-10-20(24-22(18)28)16-7-6-8-17(12-16)29-5/h6-10,12-13H,11H2,1-5H3,(H,23,27)(H,24,28)/t13-/m0/s1. The largest absolute Gasteiger partial charge is 0.497 e. The van der Waals surface area contributed by atoms with E-state index in [-0.39, 0.29) is 11.6 Å². The van der Waals surface area contributed by atoms with Crippen LogP contribution < -0.4 is 15.6 Å². The highest BCUT2D eigenvalue weighted by Crippen LogP contribution is 2.21. The van der Waals surface area contributed by atoms with Gasteiger partial charge >= 0.3 is 0 Å². The number of aryl methyl sites for hydroxylation is 2. The summed E-state index contributed by atoms with van der Waals surface area (Å²) in [4.78, 5) is 27.9. The van der Waals surface area contributed by atoms with E-state index in [4.69, 9.17) is 4.74 Å². The van der Waals surface area contributed by atoms with Gasteiger partial charge in [0.25, 0.3) is 11.5 Å². The highest BCUT2D eigenvalue weighted by atomic mass is 16.5. The zero-order valence-electron chi connectivity index (χ0n) is 17.4. The number of aromatic nitrogens is 3. The van der Waals surface area contributed by atoms with Crippen molar-refractivity contribution in [3.05, 3.63) is 69.3 Å². The molecule has 0 aliphatic carbocycles. The first kappa shape index (κ1) is 20.4. The van der Waals surface area contributed by atoms with Crippen LogP contribution in [0.4, 0.5) is 0 Å². The van der Waals surface area contributed by atoms with Gasteiger partial charge in [-0.3, -0.25) is 14.3 Å². The average Bonchev–Trinajstić information content (AvgIpc) is 2.93. The van der Waals surface area contributed by atoms with Gasteiger partial charge in [-0.25, -0.2) is 0 Å². The average molecular weight is 394 g/mol. The van der Waals surface area contributed by atoms with E-state index in [1.54, 1.807) is 19.2 Å². The minimum Gasteiger partial charge on any atom is -0.497 e. The molecule has 0 aliphatic heterocycles. The number of H-pyrrole nitrogens is 1. The Bertz CT molecular complexity index is 1100. The molecule has 152 valence electrons. The van der Waals surface area contributed by atoms with Crippen molar-refractivity contribution in [2.45, 2.75) is 33.2 Å². The van der Waals surface area contributed by atoms with Crippen LogP contribution in [0.3, 0.4) is 0 Å². The van der Waals surface area contributed by atoms with Gasteiger partial charge in [-0.05, 0) is 57.0 Å². The highest BCUT2D eigenvalue weighted by Gasteiger charge is 2.17. The summed E-state index contributed by atoms with van der Waals surface area (Å²) in [6, 6.07) is 10.5. The smallest absolute Gasteiger partial charge is 0.261 e. The molecule has 0 saturated heterocycles. The Labute approximate surface area is 169 Å².